The molecule has 0 fully saturated rings. The van der Waals surface area contributed by atoms with E-state index in [9.17, 15) is 27.6 Å². The van der Waals surface area contributed by atoms with Crippen molar-refractivity contribution in [1.82, 2.24) is 16.2 Å². The molecule has 0 aliphatic rings. The van der Waals surface area contributed by atoms with Gasteiger partial charge in [-0.15, -0.1) is 0 Å². The van der Waals surface area contributed by atoms with Crippen LogP contribution in [0, 0.1) is 0 Å². The lowest BCUT2D eigenvalue weighted by molar-refractivity contribution is -0.141. The summed E-state index contributed by atoms with van der Waals surface area (Å²) in [5, 5.41) is 2.31. The van der Waals surface area contributed by atoms with Gasteiger partial charge in [-0.3, -0.25) is 25.2 Å². The molecular formula is C14H16F3N3O3. The van der Waals surface area contributed by atoms with E-state index in [-0.39, 0.29) is 18.0 Å². The molecule has 0 atom stereocenters. The Labute approximate surface area is 130 Å². The Morgan fingerprint density at radius 3 is 2.30 bits per heavy atom. The van der Waals surface area contributed by atoms with Gasteiger partial charge < -0.3 is 5.32 Å². The second kappa shape index (κ2) is 7.61. The molecule has 0 aromatic heterocycles. The number of carbonyl (C=O) groups is 3. The van der Waals surface area contributed by atoms with Crippen LogP contribution in [0.4, 0.5) is 13.2 Å². The maximum absolute atomic E-state index is 12.6. The van der Waals surface area contributed by atoms with Gasteiger partial charge in [-0.1, -0.05) is 18.2 Å². The molecular weight excluding hydrogens is 315 g/mol. The molecule has 0 bridgehead atoms. The number of hydrogen-bond acceptors (Lipinski definition) is 3. The van der Waals surface area contributed by atoms with Crippen LogP contribution in [0.2, 0.25) is 0 Å². The maximum Gasteiger partial charge on any atom is 0.416 e. The fourth-order valence-electron chi connectivity index (χ4n) is 1.60. The van der Waals surface area contributed by atoms with Crippen LogP contribution in [0.15, 0.2) is 24.3 Å². The Morgan fingerprint density at radius 2 is 1.74 bits per heavy atom. The highest BCUT2D eigenvalue weighted by Gasteiger charge is 2.30. The molecule has 0 unspecified atom stereocenters. The van der Waals surface area contributed by atoms with Crippen LogP contribution in [-0.4, -0.2) is 23.8 Å². The molecule has 1 rings (SSSR count). The highest BCUT2D eigenvalue weighted by molar-refractivity contribution is 6.35. The lowest BCUT2D eigenvalue weighted by Crippen LogP contribution is -2.50. The van der Waals surface area contributed by atoms with E-state index in [0.29, 0.717) is 0 Å². The van der Waals surface area contributed by atoms with E-state index in [4.69, 9.17) is 0 Å². The Hall–Kier alpha value is -2.58. The molecule has 1 aromatic rings. The molecule has 3 N–H and O–H groups in total. The molecule has 0 radical (unpaired) electrons. The minimum absolute atomic E-state index is 0.123. The molecule has 0 saturated heterocycles. The van der Waals surface area contributed by atoms with Crippen LogP contribution < -0.4 is 16.2 Å². The summed E-state index contributed by atoms with van der Waals surface area (Å²) >= 11 is 0. The molecule has 0 heterocycles. The fourth-order valence-corrected chi connectivity index (χ4v) is 1.60. The van der Waals surface area contributed by atoms with Gasteiger partial charge in [0.2, 0.25) is 5.91 Å². The van der Waals surface area contributed by atoms with Crippen molar-refractivity contribution < 1.29 is 27.6 Å². The first-order valence-electron chi connectivity index (χ1n) is 6.65. The van der Waals surface area contributed by atoms with Crippen molar-refractivity contribution in [1.29, 1.82) is 0 Å². The maximum atomic E-state index is 12.6. The van der Waals surface area contributed by atoms with Gasteiger partial charge in [-0.25, -0.2) is 0 Å². The van der Waals surface area contributed by atoms with E-state index >= 15 is 0 Å². The summed E-state index contributed by atoms with van der Waals surface area (Å²) in [7, 11) is 0. The third kappa shape index (κ3) is 6.37. The predicted octanol–water partition coefficient (Wildman–Crippen LogP) is 0.920. The summed E-state index contributed by atoms with van der Waals surface area (Å²) in [5.41, 5.74) is 3.09. The fraction of sp³-hybridized carbons (Fsp3) is 0.357. The van der Waals surface area contributed by atoms with Gasteiger partial charge in [-0.2, -0.15) is 13.2 Å². The van der Waals surface area contributed by atoms with Gasteiger partial charge in [0.1, 0.15) is 0 Å². The number of hydrazine groups is 1. The third-order valence-corrected chi connectivity index (χ3v) is 2.56. The summed E-state index contributed by atoms with van der Waals surface area (Å²) in [6.07, 6.45) is -4.88. The van der Waals surface area contributed by atoms with Gasteiger partial charge in [0, 0.05) is 6.04 Å². The Balaban J connectivity index is 2.55. The van der Waals surface area contributed by atoms with Crippen LogP contribution in [0.5, 0.6) is 0 Å². The smallest absolute Gasteiger partial charge is 0.346 e. The molecule has 0 aliphatic carbocycles. The number of amides is 3. The molecule has 23 heavy (non-hydrogen) atoms. The van der Waals surface area contributed by atoms with E-state index < -0.39 is 29.5 Å². The summed E-state index contributed by atoms with van der Waals surface area (Å²) < 4.78 is 37.7. The number of hydrogen-bond donors (Lipinski definition) is 3. The van der Waals surface area contributed by atoms with Crippen molar-refractivity contribution in [2.75, 3.05) is 0 Å². The molecule has 126 valence electrons. The molecule has 0 aliphatic heterocycles. The van der Waals surface area contributed by atoms with Gasteiger partial charge in [0.15, 0.2) is 0 Å². The normalized spacial score (nSPS) is 11.0. The minimum Gasteiger partial charge on any atom is -0.346 e. The van der Waals surface area contributed by atoms with E-state index in [1.807, 2.05) is 10.9 Å². The largest absolute Gasteiger partial charge is 0.416 e. The predicted molar refractivity (Wildman–Crippen MR) is 74.7 cm³/mol. The van der Waals surface area contributed by atoms with Crippen molar-refractivity contribution in [2.45, 2.75) is 32.5 Å². The van der Waals surface area contributed by atoms with E-state index in [1.165, 1.54) is 12.1 Å². The highest BCUT2D eigenvalue weighted by atomic mass is 19.4. The van der Waals surface area contributed by atoms with Crippen LogP contribution in [0.3, 0.4) is 0 Å². The number of benzene rings is 1. The first-order valence-corrected chi connectivity index (χ1v) is 6.65. The Morgan fingerprint density at radius 1 is 1.09 bits per heavy atom. The van der Waals surface area contributed by atoms with Crippen molar-refractivity contribution >= 4 is 17.7 Å². The zero-order chi connectivity index (χ0) is 17.6. The average molecular weight is 331 g/mol. The monoisotopic (exact) mass is 331 g/mol. The van der Waals surface area contributed by atoms with Crippen LogP contribution in [-0.2, 0) is 27.0 Å². The lowest BCUT2D eigenvalue weighted by atomic mass is 10.1. The quantitative estimate of drug-likeness (QED) is 0.568. The summed E-state index contributed by atoms with van der Waals surface area (Å²) in [6.45, 7) is 3.30. The Bertz CT molecular complexity index is 600. The average Bonchev–Trinajstić information content (AvgIpc) is 2.43. The number of halogens is 3. The zero-order valence-electron chi connectivity index (χ0n) is 12.5. The lowest BCUT2D eigenvalue weighted by Gasteiger charge is -2.10. The summed E-state index contributed by atoms with van der Waals surface area (Å²) in [6, 6.07) is 4.00. The van der Waals surface area contributed by atoms with Gasteiger partial charge in [-0.05, 0) is 25.5 Å². The number of carbonyl (C=O) groups excluding carboxylic acids is 3. The minimum atomic E-state index is -4.50. The molecule has 0 spiro atoms. The van der Waals surface area contributed by atoms with Crippen molar-refractivity contribution in [2.24, 2.45) is 0 Å². The highest BCUT2D eigenvalue weighted by Crippen LogP contribution is 2.29. The topological polar surface area (TPSA) is 87.3 Å². The van der Waals surface area contributed by atoms with Crippen molar-refractivity contribution in [3.8, 4) is 0 Å². The Kier molecular flexibility index (Phi) is 6.11. The van der Waals surface area contributed by atoms with Crippen LogP contribution >= 0.6 is 0 Å². The summed E-state index contributed by atoms with van der Waals surface area (Å²) in [4.78, 5) is 34.2. The van der Waals surface area contributed by atoms with E-state index in [1.54, 1.807) is 13.8 Å². The second-order valence-corrected chi connectivity index (χ2v) is 5.01. The van der Waals surface area contributed by atoms with E-state index in [2.05, 4.69) is 5.32 Å². The van der Waals surface area contributed by atoms with Crippen molar-refractivity contribution in [3.63, 3.8) is 0 Å². The summed E-state index contributed by atoms with van der Waals surface area (Å²) in [5.74, 6) is -2.76. The number of rotatable bonds is 3. The molecule has 1 aromatic carbocycles. The van der Waals surface area contributed by atoms with Gasteiger partial charge in [0.25, 0.3) is 0 Å². The third-order valence-electron chi connectivity index (χ3n) is 2.56. The van der Waals surface area contributed by atoms with E-state index in [0.717, 1.165) is 12.1 Å². The van der Waals surface area contributed by atoms with Crippen LogP contribution in [0.25, 0.3) is 0 Å². The van der Waals surface area contributed by atoms with Gasteiger partial charge in [0.05, 0.1) is 12.0 Å². The number of alkyl halides is 3. The standard InChI is InChI=1S/C14H16F3N3O3/c1-8(2)18-12(22)13(23)20-19-11(21)7-9-4-3-5-10(6-9)14(15,16)17/h3-6,8H,7H2,1-2H3,(H,18,22)(H,19,21)(H,20,23). The first kappa shape index (κ1) is 18.5. The molecule has 9 heteroatoms. The number of nitrogens with one attached hydrogen (secondary N) is 3. The molecule has 6 nitrogen and oxygen atoms in total. The van der Waals surface area contributed by atoms with Crippen LogP contribution in [0.1, 0.15) is 25.0 Å². The van der Waals surface area contributed by atoms with Gasteiger partial charge >= 0.3 is 18.0 Å². The second-order valence-electron chi connectivity index (χ2n) is 5.01. The van der Waals surface area contributed by atoms with Crippen molar-refractivity contribution in [3.05, 3.63) is 35.4 Å². The first-order chi connectivity index (χ1) is 10.6. The molecule has 0 saturated carbocycles. The molecule has 3 amide bonds. The SMILES string of the molecule is CC(C)NC(=O)C(=O)NNC(=O)Cc1cccc(C(F)(F)F)c1. The zero-order valence-corrected chi connectivity index (χ0v) is 12.5.